The molecular formula is C8H12FNO3. The van der Waals surface area contributed by atoms with Gasteiger partial charge in [0.1, 0.15) is 12.1 Å². The third kappa shape index (κ3) is 4.95. The molecule has 0 radical (unpaired) electrons. The predicted octanol–water partition coefficient (Wildman–Crippen LogP) is 1.13. The van der Waals surface area contributed by atoms with E-state index >= 15 is 0 Å². The Kier molecular flexibility index (Phi) is 5.50. The van der Waals surface area contributed by atoms with Crippen molar-refractivity contribution in [1.82, 2.24) is 4.90 Å². The quantitative estimate of drug-likeness (QED) is 0.609. The molecule has 74 valence electrons. The van der Waals surface area contributed by atoms with E-state index in [2.05, 4.69) is 11.3 Å². The Hall–Kier alpha value is -1.39. The standard InChI is InChI=1S/C8H12FNO3/c1-3-13-8(12)10(4-5-11)6-7(2)9/h5H,2-4,6H2,1H3. The van der Waals surface area contributed by atoms with Gasteiger partial charge in [0.05, 0.1) is 19.7 Å². The topological polar surface area (TPSA) is 46.6 Å². The Morgan fingerprint density at radius 1 is 1.69 bits per heavy atom. The zero-order valence-corrected chi connectivity index (χ0v) is 7.46. The zero-order chi connectivity index (χ0) is 10.3. The SMILES string of the molecule is C=C(F)CN(CC=O)C(=O)OCC. The molecule has 13 heavy (non-hydrogen) atoms. The van der Waals surface area contributed by atoms with Crippen LogP contribution in [0.5, 0.6) is 0 Å². The van der Waals surface area contributed by atoms with Crippen molar-refractivity contribution in [2.45, 2.75) is 6.92 Å². The summed E-state index contributed by atoms with van der Waals surface area (Å²) in [6.45, 7) is 4.30. The van der Waals surface area contributed by atoms with Crippen molar-refractivity contribution in [3.8, 4) is 0 Å². The average Bonchev–Trinajstić information content (AvgIpc) is 2.03. The minimum atomic E-state index is -0.714. The molecule has 0 atom stereocenters. The predicted molar refractivity (Wildman–Crippen MR) is 44.9 cm³/mol. The third-order valence-electron chi connectivity index (χ3n) is 1.18. The smallest absolute Gasteiger partial charge is 0.410 e. The fraction of sp³-hybridized carbons (Fsp3) is 0.500. The Morgan fingerprint density at radius 3 is 2.69 bits per heavy atom. The molecule has 0 fully saturated rings. The number of halogens is 1. The largest absolute Gasteiger partial charge is 0.450 e. The van der Waals surface area contributed by atoms with Crippen LogP contribution in [0.15, 0.2) is 12.4 Å². The second-order valence-electron chi connectivity index (χ2n) is 2.26. The van der Waals surface area contributed by atoms with Crippen LogP contribution in [0.4, 0.5) is 9.18 Å². The molecule has 0 bridgehead atoms. The van der Waals surface area contributed by atoms with Gasteiger partial charge < -0.3 is 9.53 Å². The Bertz CT molecular complexity index is 206. The molecular weight excluding hydrogens is 177 g/mol. The number of ether oxygens (including phenoxy) is 1. The Balaban J connectivity index is 4.13. The van der Waals surface area contributed by atoms with Gasteiger partial charge in [-0.1, -0.05) is 6.58 Å². The van der Waals surface area contributed by atoms with Crippen LogP contribution >= 0.6 is 0 Å². The van der Waals surface area contributed by atoms with Crippen molar-refractivity contribution in [3.05, 3.63) is 12.4 Å². The summed E-state index contributed by atoms with van der Waals surface area (Å²) in [5, 5.41) is 0. The van der Waals surface area contributed by atoms with Gasteiger partial charge >= 0.3 is 6.09 Å². The minimum absolute atomic E-state index is 0.187. The van der Waals surface area contributed by atoms with Gasteiger partial charge in [-0.3, -0.25) is 4.90 Å². The lowest BCUT2D eigenvalue weighted by molar-refractivity contribution is -0.108. The van der Waals surface area contributed by atoms with Gasteiger partial charge in [0.2, 0.25) is 0 Å². The van der Waals surface area contributed by atoms with Crippen molar-refractivity contribution in [2.75, 3.05) is 19.7 Å². The van der Waals surface area contributed by atoms with E-state index in [-0.39, 0.29) is 19.7 Å². The van der Waals surface area contributed by atoms with Crippen LogP contribution in [0.3, 0.4) is 0 Å². The first-order valence-corrected chi connectivity index (χ1v) is 3.80. The lowest BCUT2D eigenvalue weighted by atomic mass is 10.5. The van der Waals surface area contributed by atoms with Gasteiger partial charge in [0.25, 0.3) is 0 Å². The second-order valence-corrected chi connectivity index (χ2v) is 2.26. The van der Waals surface area contributed by atoms with E-state index in [0.717, 1.165) is 4.90 Å². The molecule has 0 saturated heterocycles. The highest BCUT2D eigenvalue weighted by molar-refractivity contribution is 5.71. The molecule has 0 aliphatic carbocycles. The van der Waals surface area contributed by atoms with Gasteiger partial charge in [-0.05, 0) is 6.92 Å². The molecule has 0 aromatic heterocycles. The summed E-state index contributed by atoms with van der Waals surface area (Å²) < 4.78 is 16.9. The molecule has 0 rings (SSSR count). The average molecular weight is 189 g/mol. The Morgan fingerprint density at radius 2 is 2.31 bits per heavy atom. The van der Waals surface area contributed by atoms with Crippen LogP contribution < -0.4 is 0 Å². The first kappa shape index (κ1) is 11.6. The van der Waals surface area contributed by atoms with E-state index in [9.17, 15) is 14.0 Å². The van der Waals surface area contributed by atoms with Crippen LogP contribution in [0.2, 0.25) is 0 Å². The van der Waals surface area contributed by atoms with Crippen LogP contribution in [-0.2, 0) is 9.53 Å². The fourth-order valence-electron chi connectivity index (χ4n) is 0.715. The molecule has 0 saturated carbocycles. The fourth-order valence-corrected chi connectivity index (χ4v) is 0.715. The van der Waals surface area contributed by atoms with Crippen LogP contribution in [0.25, 0.3) is 0 Å². The van der Waals surface area contributed by atoms with Crippen LogP contribution in [0, 0.1) is 0 Å². The lowest BCUT2D eigenvalue weighted by Crippen LogP contribution is -2.34. The van der Waals surface area contributed by atoms with Crippen molar-refractivity contribution < 1.29 is 18.7 Å². The third-order valence-corrected chi connectivity index (χ3v) is 1.18. The minimum Gasteiger partial charge on any atom is -0.450 e. The molecule has 0 heterocycles. The number of aldehydes is 1. The van der Waals surface area contributed by atoms with Crippen molar-refractivity contribution in [1.29, 1.82) is 0 Å². The van der Waals surface area contributed by atoms with Crippen LogP contribution in [0.1, 0.15) is 6.92 Å². The van der Waals surface area contributed by atoms with E-state index in [1.54, 1.807) is 6.92 Å². The molecule has 0 aliphatic heterocycles. The number of rotatable bonds is 5. The maximum atomic E-state index is 12.3. The van der Waals surface area contributed by atoms with Gasteiger partial charge in [0.15, 0.2) is 0 Å². The molecule has 5 heteroatoms. The molecule has 0 N–H and O–H groups in total. The van der Waals surface area contributed by atoms with Gasteiger partial charge in [0, 0.05) is 0 Å². The summed E-state index contributed by atoms with van der Waals surface area (Å²) in [6.07, 6.45) is -0.215. The molecule has 1 amide bonds. The summed E-state index contributed by atoms with van der Waals surface area (Å²) in [6, 6.07) is 0. The zero-order valence-electron chi connectivity index (χ0n) is 7.46. The van der Waals surface area contributed by atoms with E-state index in [1.807, 2.05) is 0 Å². The summed E-state index contributed by atoms with van der Waals surface area (Å²) in [7, 11) is 0. The maximum absolute atomic E-state index is 12.3. The lowest BCUT2D eigenvalue weighted by Gasteiger charge is -2.17. The van der Waals surface area contributed by atoms with E-state index in [4.69, 9.17) is 0 Å². The molecule has 0 aromatic carbocycles. The first-order chi connectivity index (χ1) is 6.11. The summed E-state index contributed by atoms with van der Waals surface area (Å²) in [5.74, 6) is -0.685. The number of amides is 1. The van der Waals surface area contributed by atoms with Crippen molar-refractivity contribution in [3.63, 3.8) is 0 Å². The molecule has 0 spiro atoms. The highest BCUT2D eigenvalue weighted by atomic mass is 19.1. The van der Waals surface area contributed by atoms with E-state index in [0.29, 0.717) is 6.29 Å². The normalized spacial score (nSPS) is 9.08. The monoisotopic (exact) mass is 189 g/mol. The van der Waals surface area contributed by atoms with Crippen molar-refractivity contribution >= 4 is 12.4 Å². The summed E-state index contributed by atoms with van der Waals surface area (Å²) in [4.78, 5) is 22.0. The summed E-state index contributed by atoms with van der Waals surface area (Å²) in [5.41, 5.74) is 0. The number of carbonyl (C=O) groups is 2. The maximum Gasteiger partial charge on any atom is 0.410 e. The Labute approximate surface area is 76.0 Å². The first-order valence-electron chi connectivity index (χ1n) is 3.80. The second kappa shape index (κ2) is 6.16. The molecule has 4 nitrogen and oxygen atoms in total. The highest BCUT2D eigenvalue weighted by Gasteiger charge is 2.14. The van der Waals surface area contributed by atoms with Gasteiger partial charge in [-0.2, -0.15) is 0 Å². The van der Waals surface area contributed by atoms with Gasteiger partial charge in [-0.25, -0.2) is 9.18 Å². The number of nitrogens with zero attached hydrogens (tertiary/aromatic N) is 1. The number of hydrogen-bond acceptors (Lipinski definition) is 3. The highest BCUT2D eigenvalue weighted by Crippen LogP contribution is 1.99. The number of carbonyl (C=O) groups excluding carboxylic acids is 2. The van der Waals surface area contributed by atoms with Gasteiger partial charge in [-0.15, -0.1) is 0 Å². The molecule has 0 aliphatic rings. The van der Waals surface area contributed by atoms with E-state index in [1.165, 1.54) is 0 Å². The number of hydrogen-bond donors (Lipinski definition) is 0. The van der Waals surface area contributed by atoms with Crippen molar-refractivity contribution in [2.24, 2.45) is 0 Å². The van der Waals surface area contributed by atoms with E-state index < -0.39 is 11.9 Å². The summed E-state index contributed by atoms with van der Waals surface area (Å²) >= 11 is 0. The molecule has 0 aromatic rings. The molecule has 0 unspecified atom stereocenters. The van der Waals surface area contributed by atoms with Crippen LogP contribution in [-0.4, -0.2) is 37.0 Å².